The van der Waals surface area contributed by atoms with Gasteiger partial charge in [-0.25, -0.2) is 4.39 Å². The number of halogens is 1. The standard InChI is InChI=1S/C22H16FNO2/c1-14(25)16-7-10-21-20(11-16)19-12-17(23)8-9-18(19)22(26)24(21)13-15-5-3-2-4-6-15/h2-12H,13H2,1H3. The molecule has 0 unspecified atom stereocenters. The summed E-state index contributed by atoms with van der Waals surface area (Å²) in [5, 5.41) is 1.66. The van der Waals surface area contributed by atoms with Crippen LogP contribution in [0.2, 0.25) is 0 Å². The second-order valence-corrected chi connectivity index (χ2v) is 6.35. The van der Waals surface area contributed by atoms with Crippen LogP contribution in [-0.2, 0) is 6.54 Å². The van der Waals surface area contributed by atoms with Gasteiger partial charge in [0, 0.05) is 16.3 Å². The molecule has 0 spiro atoms. The highest BCUT2D eigenvalue weighted by molar-refractivity contribution is 6.08. The van der Waals surface area contributed by atoms with Gasteiger partial charge in [0.25, 0.3) is 5.56 Å². The van der Waals surface area contributed by atoms with Crippen molar-refractivity contribution in [3.63, 3.8) is 0 Å². The van der Waals surface area contributed by atoms with Crippen molar-refractivity contribution in [1.82, 2.24) is 4.57 Å². The van der Waals surface area contributed by atoms with Crippen LogP contribution in [0.3, 0.4) is 0 Å². The minimum Gasteiger partial charge on any atom is -0.303 e. The highest BCUT2D eigenvalue weighted by Gasteiger charge is 2.13. The number of hydrogen-bond acceptors (Lipinski definition) is 2. The van der Waals surface area contributed by atoms with Crippen molar-refractivity contribution in [1.29, 1.82) is 0 Å². The Labute approximate surface area is 149 Å². The molecule has 128 valence electrons. The van der Waals surface area contributed by atoms with Crippen LogP contribution in [0.5, 0.6) is 0 Å². The lowest BCUT2D eigenvalue weighted by molar-refractivity contribution is 0.101. The first-order valence-corrected chi connectivity index (χ1v) is 8.35. The molecule has 0 fully saturated rings. The van der Waals surface area contributed by atoms with Crippen molar-refractivity contribution in [2.24, 2.45) is 0 Å². The van der Waals surface area contributed by atoms with Gasteiger partial charge >= 0.3 is 0 Å². The molecule has 0 N–H and O–H groups in total. The average molecular weight is 345 g/mol. The minimum atomic E-state index is -0.410. The molecular weight excluding hydrogens is 329 g/mol. The lowest BCUT2D eigenvalue weighted by Crippen LogP contribution is -2.21. The van der Waals surface area contributed by atoms with E-state index in [9.17, 15) is 14.0 Å². The van der Waals surface area contributed by atoms with Crippen molar-refractivity contribution in [2.75, 3.05) is 0 Å². The second kappa shape index (κ2) is 6.23. The quantitative estimate of drug-likeness (QED) is 0.404. The molecule has 0 aliphatic carbocycles. The van der Waals surface area contributed by atoms with Gasteiger partial charge in [-0.05, 0) is 54.3 Å². The van der Waals surface area contributed by atoms with Gasteiger partial charge in [0.2, 0.25) is 0 Å². The smallest absolute Gasteiger partial charge is 0.259 e. The van der Waals surface area contributed by atoms with E-state index >= 15 is 0 Å². The molecule has 0 amide bonds. The van der Waals surface area contributed by atoms with Gasteiger partial charge in [0.15, 0.2) is 5.78 Å². The van der Waals surface area contributed by atoms with Crippen LogP contribution >= 0.6 is 0 Å². The van der Waals surface area contributed by atoms with Gasteiger partial charge in [-0.2, -0.15) is 0 Å². The summed E-state index contributed by atoms with van der Waals surface area (Å²) in [4.78, 5) is 24.8. The maximum atomic E-state index is 13.8. The Morgan fingerprint density at radius 3 is 2.42 bits per heavy atom. The van der Waals surface area contributed by atoms with Crippen LogP contribution in [0.1, 0.15) is 22.8 Å². The molecule has 1 heterocycles. The number of fused-ring (bicyclic) bond motifs is 3. The predicted octanol–water partition coefficient (Wildman–Crippen LogP) is 4.54. The summed E-state index contributed by atoms with van der Waals surface area (Å²) in [6.45, 7) is 1.90. The molecule has 4 rings (SSSR count). The largest absolute Gasteiger partial charge is 0.303 e. The van der Waals surface area contributed by atoms with Crippen molar-refractivity contribution in [3.05, 3.63) is 94.0 Å². The molecule has 3 aromatic carbocycles. The fourth-order valence-electron chi connectivity index (χ4n) is 3.31. The van der Waals surface area contributed by atoms with E-state index in [-0.39, 0.29) is 11.3 Å². The molecule has 0 aliphatic heterocycles. The van der Waals surface area contributed by atoms with Gasteiger partial charge in [0.1, 0.15) is 5.82 Å². The number of benzene rings is 3. The minimum absolute atomic E-state index is 0.0720. The van der Waals surface area contributed by atoms with E-state index in [0.717, 1.165) is 5.56 Å². The summed E-state index contributed by atoms with van der Waals surface area (Å²) < 4.78 is 15.5. The zero-order valence-electron chi connectivity index (χ0n) is 14.2. The molecule has 0 saturated carbocycles. The van der Waals surface area contributed by atoms with Crippen LogP contribution in [-0.4, -0.2) is 10.4 Å². The highest BCUT2D eigenvalue weighted by Crippen LogP contribution is 2.25. The summed E-state index contributed by atoms with van der Waals surface area (Å²) in [5.41, 5.74) is 2.04. The molecule has 0 bridgehead atoms. The lowest BCUT2D eigenvalue weighted by atomic mass is 10.0. The Bertz CT molecular complexity index is 1210. The van der Waals surface area contributed by atoms with E-state index in [1.54, 1.807) is 22.8 Å². The molecule has 4 aromatic rings. The third-order valence-corrected chi connectivity index (χ3v) is 4.62. The Morgan fingerprint density at radius 2 is 1.69 bits per heavy atom. The van der Waals surface area contributed by atoms with Crippen LogP contribution in [0.15, 0.2) is 71.5 Å². The number of Topliss-reactive ketones (excluding diaryl/α,β-unsaturated/α-hetero) is 1. The van der Waals surface area contributed by atoms with Crippen LogP contribution in [0.4, 0.5) is 4.39 Å². The number of pyridine rings is 1. The SMILES string of the molecule is CC(=O)c1ccc2c(c1)c1cc(F)ccc1c(=O)n2Cc1ccccc1. The first kappa shape index (κ1) is 16.2. The Balaban J connectivity index is 2.10. The predicted molar refractivity (Wildman–Crippen MR) is 101 cm³/mol. The van der Waals surface area contributed by atoms with Crippen LogP contribution in [0.25, 0.3) is 21.7 Å². The maximum absolute atomic E-state index is 13.8. The molecule has 3 nitrogen and oxygen atoms in total. The zero-order valence-corrected chi connectivity index (χ0v) is 14.2. The third-order valence-electron chi connectivity index (χ3n) is 4.62. The van der Waals surface area contributed by atoms with Gasteiger partial charge in [-0.15, -0.1) is 0 Å². The number of nitrogens with zero attached hydrogens (tertiary/aromatic N) is 1. The van der Waals surface area contributed by atoms with Crippen molar-refractivity contribution in [3.8, 4) is 0 Å². The van der Waals surface area contributed by atoms with E-state index in [4.69, 9.17) is 0 Å². The maximum Gasteiger partial charge on any atom is 0.259 e. The van der Waals surface area contributed by atoms with Gasteiger partial charge in [0.05, 0.1) is 12.1 Å². The zero-order chi connectivity index (χ0) is 18.3. The van der Waals surface area contributed by atoms with E-state index in [2.05, 4.69) is 0 Å². The fraction of sp³-hybridized carbons (Fsp3) is 0.0909. The van der Waals surface area contributed by atoms with Crippen molar-refractivity contribution >= 4 is 27.5 Å². The lowest BCUT2D eigenvalue weighted by Gasteiger charge is -2.14. The van der Waals surface area contributed by atoms with E-state index in [0.29, 0.717) is 33.8 Å². The normalized spacial score (nSPS) is 11.2. The van der Waals surface area contributed by atoms with E-state index in [1.165, 1.54) is 25.1 Å². The molecular formula is C22H16FNO2. The van der Waals surface area contributed by atoms with Gasteiger partial charge in [-0.1, -0.05) is 30.3 Å². The molecule has 0 radical (unpaired) electrons. The molecule has 1 aromatic heterocycles. The number of ketones is 1. The average Bonchev–Trinajstić information content (AvgIpc) is 2.65. The molecule has 0 saturated heterocycles. The van der Waals surface area contributed by atoms with E-state index in [1.807, 2.05) is 30.3 Å². The van der Waals surface area contributed by atoms with Crippen molar-refractivity contribution in [2.45, 2.75) is 13.5 Å². The monoisotopic (exact) mass is 345 g/mol. The van der Waals surface area contributed by atoms with Gasteiger partial charge in [-0.3, -0.25) is 9.59 Å². The molecule has 26 heavy (non-hydrogen) atoms. The number of carbonyl (C=O) groups excluding carboxylic acids is 1. The summed E-state index contributed by atoms with van der Waals surface area (Å²) >= 11 is 0. The van der Waals surface area contributed by atoms with Gasteiger partial charge < -0.3 is 4.57 Å². The van der Waals surface area contributed by atoms with E-state index < -0.39 is 5.82 Å². The topological polar surface area (TPSA) is 39.1 Å². The number of aromatic nitrogens is 1. The number of rotatable bonds is 3. The Morgan fingerprint density at radius 1 is 0.923 bits per heavy atom. The molecule has 4 heteroatoms. The first-order chi connectivity index (χ1) is 12.5. The number of hydrogen-bond donors (Lipinski definition) is 0. The summed E-state index contributed by atoms with van der Waals surface area (Å²) in [6.07, 6.45) is 0. The first-order valence-electron chi connectivity index (χ1n) is 8.35. The van der Waals surface area contributed by atoms with Crippen molar-refractivity contribution < 1.29 is 9.18 Å². The highest BCUT2D eigenvalue weighted by atomic mass is 19.1. The van der Waals surface area contributed by atoms with Crippen LogP contribution in [0, 0.1) is 5.82 Å². The summed E-state index contributed by atoms with van der Waals surface area (Å²) in [6, 6.07) is 19.0. The Kier molecular flexibility index (Phi) is 3.88. The molecule has 0 atom stereocenters. The summed E-state index contributed by atoms with van der Waals surface area (Å²) in [7, 11) is 0. The summed E-state index contributed by atoms with van der Waals surface area (Å²) in [5.74, 6) is -0.482. The van der Waals surface area contributed by atoms with Crippen LogP contribution < -0.4 is 5.56 Å². The Hall–Kier alpha value is -3.27. The third kappa shape index (κ3) is 2.69. The fourth-order valence-corrected chi connectivity index (χ4v) is 3.31. The number of carbonyl (C=O) groups is 1. The second-order valence-electron chi connectivity index (χ2n) is 6.35. The molecule has 0 aliphatic rings.